The van der Waals surface area contributed by atoms with E-state index in [4.69, 9.17) is 0 Å². The maximum Gasteiger partial charge on any atom is 0.225 e. The first-order valence-corrected chi connectivity index (χ1v) is 9.09. The summed E-state index contributed by atoms with van der Waals surface area (Å²) in [7, 11) is -0.990. The molecule has 1 atom stereocenters. The Morgan fingerprint density at radius 3 is 2.71 bits per heavy atom. The van der Waals surface area contributed by atoms with Crippen LogP contribution in [-0.2, 0) is 15.6 Å². The highest BCUT2D eigenvalue weighted by molar-refractivity contribution is 7.84. The van der Waals surface area contributed by atoms with Crippen LogP contribution < -0.4 is 5.32 Å². The number of imidazole rings is 1. The van der Waals surface area contributed by atoms with E-state index < -0.39 is 10.8 Å². The molecule has 2 N–H and O–H groups in total. The summed E-state index contributed by atoms with van der Waals surface area (Å²) in [5.74, 6) is 0.498. The molecule has 2 aromatic carbocycles. The molecular formula is C17H16FN3O2S. The molecule has 3 aromatic rings. The van der Waals surface area contributed by atoms with Crippen molar-refractivity contribution in [1.82, 2.24) is 9.97 Å². The lowest BCUT2D eigenvalue weighted by atomic mass is 10.2. The molecule has 0 aliphatic carbocycles. The standard InChI is InChI=1S/C17H16FN3O2S/c1-24(23)9-8-16(22)19-13-6-7-14-15(10-13)21-17(20-14)11-2-4-12(18)5-3-11/h2-7,10H,8-9H2,1H3,(H,19,22)(H,20,21)/t24-/m0/s1. The lowest BCUT2D eigenvalue weighted by Crippen LogP contribution is -2.14. The molecule has 1 amide bonds. The predicted molar refractivity (Wildman–Crippen MR) is 93.7 cm³/mol. The highest BCUT2D eigenvalue weighted by atomic mass is 32.2. The molecular weight excluding hydrogens is 329 g/mol. The number of amides is 1. The summed E-state index contributed by atoms with van der Waals surface area (Å²) in [6, 6.07) is 11.4. The van der Waals surface area contributed by atoms with E-state index >= 15 is 0 Å². The largest absolute Gasteiger partial charge is 0.338 e. The summed E-state index contributed by atoms with van der Waals surface area (Å²) in [4.78, 5) is 19.4. The Morgan fingerprint density at radius 1 is 1.25 bits per heavy atom. The molecule has 0 unspecified atom stereocenters. The van der Waals surface area contributed by atoms with Gasteiger partial charge in [-0.15, -0.1) is 0 Å². The molecule has 0 saturated carbocycles. The van der Waals surface area contributed by atoms with Crippen LogP contribution in [0.25, 0.3) is 22.4 Å². The summed E-state index contributed by atoms with van der Waals surface area (Å²) >= 11 is 0. The number of aromatic nitrogens is 2. The molecule has 0 radical (unpaired) electrons. The van der Waals surface area contributed by atoms with Gasteiger partial charge in [0.1, 0.15) is 11.6 Å². The second-order valence-corrected chi connectivity index (χ2v) is 6.95. The van der Waals surface area contributed by atoms with Crippen molar-refractivity contribution in [2.45, 2.75) is 6.42 Å². The van der Waals surface area contributed by atoms with Crippen molar-refractivity contribution in [2.75, 3.05) is 17.3 Å². The molecule has 3 rings (SSSR count). The van der Waals surface area contributed by atoms with E-state index in [9.17, 15) is 13.4 Å². The molecule has 1 heterocycles. The predicted octanol–water partition coefficient (Wildman–Crippen LogP) is 3.08. The van der Waals surface area contributed by atoms with E-state index in [0.29, 0.717) is 17.3 Å². The summed E-state index contributed by atoms with van der Waals surface area (Å²) in [5, 5.41) is 2.78. The summed E-state index contributed by atoms with van der Waals surface area (Å²) in [5.41, 5.74) is 2.94. The third-order valence-corrected chi connectivity index (χ3v) is 4.28. The van der Waals surface area contributed by atoms with Crippen molar-refractivity contribution in [3.63, 3.8) is 0 Å². The quantitative estimate of drug-likeness (QED) is 0.746. The average Bonchev–Trinajstić information content (AvgIpc) is 2.97. The Labute approximate surface area is 140 Å². The van der Waals surface area contributed by atoms with Gasteiger partial charge in [-0.3, -0.25) is 9.00 Å². The number of nitrogens with zero attached hydrogens (tertiary/aromatic N) is 1. The average molecular weight is 345 g/mol. The number of halogens is 1. The zero-order valence-corrected chi connectivity index (χ0v) is 13.8. The van der Waals surface area contributed by atoms with Crippen molar-refractivity contribution in [3.05, 3.63) is 48.3 Å². The molecule has 0 fully saturated rings. The van der Waals surface area contributed by atoms with E-state index in [1.54, 1.807) is 36.6 Å². The Morgan fingerprint density at radius 2 is 2.00 bits per heavy atom. The van der Waals surface area contributed by atoms with Gasteiger partial charge in [0.15, 0.2) is 0 Å². The molecule has 0 bridgehead atoms. The first-order chi connectivity index (χ1) is 11.5. The second-order valence-electron chi connectivity index (χ2n) is 5.40. The van der Waals surface area contributed by atoms with Gasteiger partial charge in [0.25, 0.3) is 0 Å². The number of rotatable bonds is 5. The van der Waals surface area contributed by atoms with Crippen LogP contribution in [0.3, 0.4) is 0 Å². The van der Waals surface area contributed by atoms with Crippen LogP contribution in [0.1, 0.15) is 6.42 Å². The van der Waals surface area contributed by atoms with Crippen molar-refractivity contribution in [2.24, 2.45) is 0 Å². The van der Waals surface area contributed by atoms with Gasteiger partial charge >= 0.3 is 0 Å². The second kappa shape index (κ2) is 6.92. The fourth-order valence-electron chi connectivity index (χ4n) is 2.29. The van der Waals surface area contributed by atoms with Crippen LogP contribution in [0.2, 0.25) is 0 Å². The van der Waals surface area contributed by atoms with Crippen LogP contribution in [0, 0.1) is 5.82 Å². The molecule has 0 saturated heterocycles. The van der Waals surface area contributed by atoms with Crippen molar-refractivity contribution >= 4 is 33.4 Å². The number of hydrogen-bond donors (Lipinski definition) is 2. The van der Waals surface area contributed by atoms with Gasteiger partial charge in [-0.05, 0) is 42.5 Å². The highest BCUT2D eigenvalue weighted by Crippen LogP contribution is 2.23. The SMILES string of the molecule is C[S@](=O)CCC(=O)Nc1ccc2nc(-c3ccc(F)cc3)[nH]c2c1. The van der Waals surface area contributed by atoms with Gasteiger partial charge in [0.05, 0.1) is 11.0 Å². The number of benzene rings is 2. The maximum atomic E-state index is 13.0. The van der Waals surface area contributed by atoms with Gasteiger partial charge in [-0.1, -0.05) is 0 Å². The lowest BCUT2D eigenvalue weighted by molar-refractivity contribution is -0.115. The Hall–Kier alpha value is -2.54. The van der Waals surface area contributed by atoms with Crippen LogP contribution >= 0.6 is 0 Å². The smallest absolute Gasteiger partial charge is 0.225 e. The minimum atomic E-state index is -0.990. The summed E-state index contributed by atoms with van der Waals surface area (Å²) in [6.07, 6.45) is 1.78. The third kappa shape index (κ3) is 3.86. The van der Waals surface area contributed by atoms with E-state index in [2.05, 4.69) is 15.3 Å². The number of carbonyl (C=O) groups is 1. The molecule has 0 aliphatic rings. The normalized spacial score (nSPS) is 12.2. The van der Waals surface area contributed by atoms with E-state index in [-0.39, 0.29) is 18.1 Å². The molecule has 124 valence electrons. The maximum absolute atomic E-state index is 13.0. The monoisotopic (exact) mass is 345 g/mol. The topological polar surface area (TPSA) is 74.8 Å². The van der Waals surface area contributed by atoms with E-state index in [1.807, 2.05) is 0 Å². The summed E-state index contributed by atoms with van der Waals surface area (Å²) in [6.45, 7) is 0. The number of carbonyl (C=O) groups excluding carboxylic acids is 1. The third-order valence-electron chi connectivity index (χ3n) is 3.50. The number of nitrogens with one attached hydrogen (secondary N) is 2. The first kappa shape index (κ1) is 16.3. The fraction of sp³-hybridized carbons (Fsp3) is 0.176. The molecule has 5 nitrogen and oxygen atoms in total. The van der Waals surface area contributed by atoms with Gasteiger partial charge in [-0.25, -0.2) is 9.37 Å². The molecule has 7 heteroatoms. The van der Waals surface area contributed by atoms with Gasteiger partial charge in [0.2, 0.25) is 5.91 Å². The molecule has 24 heavy (non-hydrogen) atoms. The highest BCUT2D eigenvalue weighted by Gasteiger charge is 2.08. The Balaban J connectivity index is 1.80. The number of H-pyrrole nitrogens is 1. The van der Waals surface area contributed by atoms with Gasteiger partial charge < -0.3 is 10.3 Å². The van der Waals surface area contributed by atoms with Crippen LogP contribution in [0.4, 0.5) is 10.1 Å². The minimum absolute atomic E-state index is 0.178. The van der Waals surface area contributed by atoms with Crippen LogP contribution in [-0.4, -0.2) is 32.1 Å². The Kier molecular flexibility index (Phi) is 4.71. The fourth-order valence-corrected chi connectivity index (χ4v) is 2.76. The van der Waals surface area contributed by atoms with Gasteiger partial charge in [0, 0.05) is 40.5 Å². The van der Waals surface area contributed by atoms with E-state index in [0.717, 1.165) is 16.6 Å². The molecule has 0 aliphatic heterocycles. The number of fused-ring (bicyclic) bond motifs is 1. The zero-order chi connectivity index (χ0) is 17.1. The molecule has 0 spiro atoms. The van der Waals surface area contributed by atoms with Crippen molar-refractivity contribution in [3.8, 4) is 11.4 Å². The van der Waals surface area contributed by atoms with Crippen molar-refractivity contribution < 1.29 is 13.4 Å². The number of anilines is 1. The van der Waals surface area contributed by atoms with Crippen molar-refractivity contribution in [1.29, 1.82) is 0 Å². The minimum Gasteiger partial charge on any atom is -0.338 e. The number of hydrogen-bond acceptors (Lipinski definition) is 3. The van der Waals surface area contributed by atoms with Gasteiger partial charge in [-0.2, -0.15) is 0 Å². The Bertz CT molecular complexity index is 906. The van der Waals surface area contributed by atoms with E-state index in [1.165, 1.54) is 12.1 Å². The lowest BCUT2D eigenvalue weighted by Gasteiger charge is -2.04. The summed E-state index contributed by atoms with van der Waals surface area (Å²) < 4.78 is 24.0. The van der Waals surface area contributed by atoms with Crippen LogP contribution in [0.5, 0.6) is 0 Å². The molecule has 1 aromatic heterocycles. The van der Waals surface area contributed by atoms with Crippen LogP contribution in [0.15, 0.2) is 42.5 Å². The number of aromatic amines is 1. The first-order valence-electron chi connectivity index (χ1n) is 7.37. The zero-order valence-electron chi connectivity index (χ0n) is 13.0.